The fourth-order valence-electron chi connectivity index (χ4n) is 2.16. The maximum absolute atomic E-state index is 9.25. The predicted molar refractivity (Wildman–Crippen MR) is 77.3 cm³/mol. The molecule has 0 spiro atoms. The number of nitrogens with zero attached hydrogens (tertiary/aromatic N) is 4. The van der Waals surface area contributed by atoms with E-state index >= 15 is 0 Å². The summed E-state index contributed by atoms with van der Waals surface area (Å²) in [5, 5.41) is 12.4. The van der Waals surface area contributed by atoms with E-state index in [1.807, 2.05) is 0 Å². The molecule has 0 bridgehead atoms. The van der Waals surface area contributed by atoms with Crippen LogP contribution in [0, 0.1) is 0 Å². The molecular weight excluding hydrogens is 282 g/mol. The number of ether oxygens (including phenoxy) is 1. The maximum Gasteiger partial charge on any atom is 0.231 e. The maximum atomic E-state index is 9.25. The second-order valence-corrected chi connectivity index (χ2v) is 5.09. The highest BCUT2D eigenvalue weighted by Crippen LogP contribution is 2.18. The molecule has 7 nitrogen and oxygen atoms in total. The Morgan fingerprint density at radius 1 is 1.30 bits per heavy atom. The smallest absolute Gasteiger partial charge is 0.231 e. The van der Waals surface area contributed by atoms with Gasteiger partial charge in [-0.15, -0.1) is 0 Å². The van der Waals surface area contributed by atoms with Crippen molar-refractivity contribution in [3.63, 3.8) is 0 Å². The van der Waals surface area contributed by atoms with Gasteiger partial charge in [-0.25, -0.2) is 0 Å². The third-order valence-corrected chi connectivity index (χ3v) is 3.33. The summed E-state index contributed by atoms with van der Waals surface area (Å²) in [7, 11) is 1.57. The minimum Gasteiger partial charge on any atom is -0.394 e. The zero-order valence-corrected chi connectivity index (χ0v) is 12.3. The van der Waals surface area contributed by atoms with Gasteiger partial charge in [-0.05, 0) is 30.9 Å². The fraction of sp³-hybridized carbons (Fsp3) is 0.750. The monoisotopic (exact) mass is 301 g/mol. The van der Waals surface area contributed by atoms with Gasteiger partial charge in [0.15, 0.2) is 0 Å². The van der Waals surface area contributed by atoms with Gasteiger partial charge >= 0.3 is 0 Å². The molecule has 0 radical (unpaired) electrons. The molecule has 1 aliphatic heterocycles. The lowest BCUT2D eigenvalue weighted by Gasteiger charge is -2.27. The largest absolute Gasteiger partial charge is 0.394 e. The summed E-state index contributed by atoms with van der Waals surface area (Å²) in [4.78, 5) is 14.7. The van der Waals surface area contributed by atoms with Crippen molar-refractivity contribution in [1.29, 1.82) is 0 Å². The van der Waals surface area contributed by atoms with Crippen LogP contribution in [-0.2, 0) is 4.74 Å². The number of nitrogens with one attached hydrogen (secondary N) is 1. The summed E-state index contributed by atoms with van der Waals surface area (Å²) in [5.74, 6) is 0.947. The number of hydrogen-bond donors (Lipinski definition) is 2. The number of hydrogen-bond acceptors (Lipinski definition) is 7. The van der Waals surface area contributed by atoms with Crippen molar-refractivity contribution < 1.29 is 9.84 Å². The Hall–Kier alpha value is -1.18. The van der Waals surface area contributed by atoms with Gasteiger partial charge in [-0.1, -0.05) is 0 Å². The van der Waals surface area contributed by atoms with Gasteiger partial charge in [0, 0.05) is 20.2 Å². The quantitative estimate of drug-likeness (QED) is 0.809. The van der Waals surface area contributed by atoms with E-state index in [0.717, 1.165) is 25.9 Å². The third-order valence-electron chi connectivity index (χ3n) is 3.16. The van der Waals surface area contributed by atoms with E-state index in [4.69, 9.17) is 16.3 Å². The Kier molecular flexibility index (Phi) is 5.75. The van der Waals surface area contributed by atoms with Crippen molar-refractivity contribution in [2.75, 3.05) is 43.6 Å². The predicted octanol–water partition coefficient (Wildman–Crippen LogP) is 0.934. The first-order valence-corrected chi connectivity index (χ1v) is 7.13. The van der Waals surface area contributed by atoms with Crippen molar-refractivity contribution in [3.05, 3.63) is 5.28 Å². The molecule has 20 heavy (non-hydrogen) atoms. The van der Waals surface area contributed by atoms with Crippen LogP contribution in [0.2, 0.25) is 5.28 Å². The van der Waals surface area contributed by atoms with Crippen molar-refractivity contribution in [2.45, 2.75) is 25.3 Å². The number of rotatable bonds is 6. The topological polar surface area (TPSA) is 83.4 Å². The van der Waals surface area contributed by atoms with E-state index in [0.29, 0.717) is 18.5 Å². The molecule has 2 heterocycles. The molecule has 2 N–H and O–H groups in total. The Morgan fingerprint density at radius 2 is 2.05 bits per heavy atom. The summed E-state index contributed by atoms with van der Waals surface area (Å²) in [6.07, 6.45) is 3.50. The Labute approximate surface area is 123 Å². The van der Waals surface area contributed by atoms with Crippen molar-refractivity contribution in [3.8, 4) is 0 Å². The Balaban J connectivity index is 2.10. The van der Waals surface area contributed by atoms with Crippen LogP contribution in [0.4, 0.5) is 11.9 Å². The van der Waals surface area contributed by atoms with Crippen LogP contribution < -0.4 is 10.2 Å². The summed E-state index contributed by atoms with van der Waals surface area (Å²) < 4.78 is 5.01. The molecule has 1 atom stereocenters. The molecule has 1 aromatic heterocycles. The minimum atomic E-state index is -0.271. The lowest BCUT2D eigenvalue weighted by atomic mass is 10.1. The van der Waals surface area contributed by atoms with Gasteiger partial charge in [0.25, 0.3) is 0 Å². The van der Waals surface area contributed by atoms with E-state index in [-0.39, 0.29) is 17.9 Å². The number of methoxy groups -OCH3 is 1. The summed E-state index contributed by atoms with van der Waals surface area (Å²) in [6.45, 7) is 2.15. The highest BCUT2D eigenvalue weighted by Gasteiger charge is 2.17. The van der Waals surface area contributed by atoms with Crippen LogP contribution in [0.5, 0.6) is 0 Å². The summed E-state index contributed by atoms with van der Waals surface area (Å²) in [6, 6.07) is -0.271. The van der Waals surface area contributed by atoms with Gasteiger partial charge < -0.3 is 20.1 Å². The summed E-state index contributed by atoms with van der Waals surface area (Å²) >= 11 is 5.95. The first-order chi connectivity index (χ1) is 9.72. The normalized spacial score (nSPS) is 17.1. The average molecular weight is 302 g/mol. The highest BCUT2D eigenvalue weighted by molar-refractivity contribution is 6.28. The van der Waals surface area contributed by atoms with Crippen LogP contribution in [0.3, 0.4) is 0 Å². The van der Waals surface area contributed by atoms with E-state index in [1.165, 1.54) is 6.42 Å². The molecule has 112 valence electrons. The standard InChI is InChI=1S/C12H20ClN5O2/c1-20-8-9(7-19)14-11-15-10(13)16-12(17-11)18-5-3-2-4-6-18/h9,19H,2-8H2,1H3,(H,14,15,16,17). The zero-order chi connectivity index (χ0) is 14.4. The molecular formula is C12H20ClN5O2. The van der Waals surface area contributed by atoms with Crippen molar-refractivity contribution in [1.82, 2.24) is 15.0 Å². The number of piperidine rings is 1. The van der Waals surface area contributed by atoms with E-state index in [9.17, 15) is 5.11 Å². The van der Waals surface area contributed by atoms with E-state index in [1.54, 1.807) is 7.11 Å². The number of halogens is 1. The van der Waals surface area contributed by atoms with Crippen LogP contribution in [0.15, 0.2) is 0 Å². The van der Waals surface area contributed by atoms with E-state index < -0.39 is 0 Å². The third kappa shape index (κ3) is 4.16. The molecule has 1 fully saturated rings. The molecule has 1 saturated heterocycles. The van der Waals surface area contributed by atoms with Gasteiger partial charge in [0.1, 0.15) is 0 Å². The van der Waals surface area contributed by atoms with Crippen LogP contribution in [-0.4, -0.2) is 59.5 Å². The SMILES string of the molecule is COCC(CO)Nc1nc(Cl)nc(N2CCCCC2)n1. The molecule has 1 aromatic rings. The minimum absolute atomic E-state index is 0.0732. The molecule has 0 saturated carbocycles. The first kappa shape index (κ1) is 15.2. The summed E-state index contributed by atoms with van der Waals surface area (Å²) in [5.41, 5.74) is 0. The second-order valence-electron chi connectivity index (χ2n) is 4.75. The van der Waals surface area contributed by atoms with Gasteiger partial charge in [-0.3, -0.25) is 0 Å². The molecule has 0 aliphatic carbocycles. The second kappa shape index (κ2) is 7.56. The lowest BCUT2D eigenvalue weighted by molar-refractivity contribution is 0.153. The van der Waals surface area contributed by atoms with E-state index in [2.05, 4.69) is 25.2 Å². The van der Waals surface area contributed by atoms with Crippen LogP contribution >= 0.6 is 11.6 Å². The van der Waals surface area contributed by atoms with Crippen LogP contribution in [0.1, 0.15) is 19.3 Å². The molecule has 1 unspecified atom stereocenters. The molecule has 0 amide bonds. The molecule has 0 aromatic carbocycles. The number of aliphatic hydroxyl groups excluding tert-OH is 1. The zero-order valence-electron chi connectivity index (χ0n) is 11.5. The van der Waals surface area contributed by atoms with Crippen LogP contribution in [0.25, 0.3) is 0 Å². The number of aromatic nitrogens is 3. The Bertz CT molecular complexity index is 428. The average Bonchev–Trinajstić information content (AvgIpc) is 2.47. The molecule has 8 heteroatoms. The molecule has 2 rings (SSSR count). The highest BCUT2D eigenvalue weighted by atomic mass is 35.5. The first-order valence-electron chi connectivity index (χ1n) is 6.76. The lowest BCUT2D eigenvalue weighted by Crippen LogP contribution is -2.33. The van der Waals surface area contributed by atoms with Gasteiger partial charge in [0.05, 0.1) is 19.3 Å². The van der Waals surface area contributed by atoms with Crippen molar-refractivity contribution in [2.24, 2.45) is 0 Å². The van der Waals surface area contributed by atoms with Gasteiger partial charge in [0.2, 0.25) is 17.2 Å². The van der Waals surface area contributed by atoms with Crippen molar-refractivity contribution >= 4 is 23.5 Å². The number of aliphatic hydroxyl groups is 1. The van der Waals surface area contributed by atoms with Gasteiger partial charge in [-0.2, -0.15) is 15.0 Å². The number of anilines is 2. The molecule has 1 aliphatic rings. The Morgan fingerprint density at radius 3 is 2.70 bits per heavy atom. The fourth-order valence-corrected chi connectivity index (χ4v) is 2.32.